The summed E-state index contributed by atoms with van der Waals surface area (Å²) in [5, 5.41) is 0. The van der Waals surface area contributed by atoms with Crippen molar-refractivity contribution >= 4 is 11.8 Å². The Morgan fingerprint density at radius 1 is 1.45 bits per heavy atom. The number of hydrogen-bond donors (Lipinski definition) is 1. The molecule has 1 fully saturated rings. The highest BCUT2D eigenvalue weighted by Crippen LogP contribution is 2.27. The van der Waals surface area contributed by atoms with Crippen molar-refractivity contribution < 1.29 is 4.74 Å². The standard InChI is InChI=1S/C8H17NOS/c1-10-5-2-8(9)3-6-11-7-4-8/h2-7,9H2,1H3. The molecule has 2 nitrogen and oxygen atoms in total. The summed E-state index contributed by atoms with van der Waals surface area (Å²) >= 11 is 2.01. The Balaban J connectivity index is 2.25. The van der Waals surface area contributed by atoms with Gasteiger partial charge < -0.3 is 10.5 Å². The van der Waals surface area contributed by atoms with Crippen LogP contribution in [0.25, 0.3) is 0 Å². The number of methoxy groups -OCH3 is 1. The highest BCUT2D eigenvalue weighted by Gasteiger charge is 2.26. The van der Waals surface area contributed by atoms with Gasteiger partial charge in [-0.3, -0.25) is 0 Å². The van der Waals surface area contributed by atoms with Gasteiger partial charge in [0.1, 0.15) is 0 Å². The average molecular weight is 175 g/mol. The summed E-state index contributed by atoms with van der Waals surface area (Å²) < 4.78 is 5.02. The van der Waals surface area contributed by atoms with Crippen LogP contribution in [0.1, 0.15) is 19.3 Å². The Morgan fingerprint density at radius 3 is 2.64 bits per heavy atom. The van der Waals surface area contributed by atoms with Crippen LogP contribution in [0.4, 0.5) is 0 Å². The van der Waals surface area contributed by atoms with E-state index in [1.807, 2.05) is 11.8 Å². The molecule has 1 aliphatic heterocycles. The maximum Gasteiger partial charge on any atom is 0.0479 e. The van der Waals surface area contributed by atoms with E-state index in [9.17, 15) is 0 Å². The van der Waals surface area contributed by atoms with Gasteiger partial charge in [0.25, 0.3) is 0 Å². The molecule has 1 saturated heterocycles. The Labute approximate surface area is 72.9 Å². The number of hydrogen-bond acceptors (Lipinski definition) is 3. The molecule has 0 bridgehead atoms. The first-order chi connectivity index (χ1) is 5.27. The molecular formula is C8H17NOS. The SMILES string of the molecule is COCCC1(N)CCSCC1. The van der Waals surface area contributed by atoms with Crippen LogP contribution in [0.2, 0.25) is 0 Å². The fourth-order valence-electron chi connectivity index (χ4n) is 1.33. The zero-order chi connectivity index (χ0) is 8.16. The first-order valence-electron chi connectivity index (χ1n) is 4.12. The van der Waals surface area contributed by atoms with Crippen LogP contribution in [-0.4, -0.2) is 30.8 Å². The maximum absolute atomic E-state index is 6.15. The van der Waals surface area contributed by atoms with Gasteiger partial charge in [0.2, 0.25) is 0 Å². The first-order valence-corrected chi connectivity index (χ1v) is 5.28. The minimum absolute atomic E-state index is 0.0846. The van der Waals surface area contributed by atoms with Crippen LogP contribution < -0.4 is 5.73 Å². The normalized spacial score (nSPS) is 23.5. The lowest BCUT2D eigenvalue weighted by molar-refractivity contribution is 0.164. The number of rotatable bonds is 3. The fraction of sp³-hybridized carbons (Fsp3) is 1.00. The summed E-state index contributed by atoms with van der Waals surface area (Å²) in [6.45, 7) is 0.807. The Kier molecular flexibility index (Phi) is 3.69. The molecule has 0 spiro atoms. The van der Waals surface area contributed by atoms with Gasteiger partial charge in [-0.05, 0) is 30.8 Å². The van der Waals surface area contributed by atoms with Gasteiger partial charge in [0.05, 0.1) is 0 Å². The smallest absolute Gasteiger partial charge is 0.0479 e. The summed E-state index contributed by atoms with van der Waals surface area (Å²) in [6, 6.07) is 0. The number of ether oxygens (including phenoxy) is 1. The molecule has 1 aliphatic rings. The van der Waals surface area contributed by atoms with Gasteiger partial charge in [-0.25, -0.2) is 0 Å². The Bertz CT molecular complexity index is 113. The van der Waals surface area contributed by atoms with Crippen LogP contribution in [0.5, 0.6) is 0 Å². The van der Waals surface area contributed by atoms with E-state index < -0.39 is 0 Å². The highest BCUT2D eigenvalue weighted by molar-refractivity contribution is 7.99. The first kappa shape index (κ1) is 9.36. The molecule has 2 N–H and O–H groups in total. The lowest BCUT2D eigenvalue weighted by Gasteiger charge is -2.32. The van der Waals surface area contributed by atoms with Crippen molar-refractivity contribution in [2.24, 2.45) is 5.73 Å². The minimum Gasteiger partial charge on any atom is -0.385 e. The number of thioether (sulfide) groups is 1. The van der Waals surface area contributed by atoms with E-state index in [1.54, 1.807) is 7.11 Å². The zero-order valence-corrected chi connectivity index (χ0v) is 7.95. The fourth-order valence-corrected chi connectivity index (χ4v) is 2.64. The van der Waals surface area contributed by atoms with Crippen LogP contribution in [-0.2, 0) is 4.74 Å². The van der Waals surface area contributed by atoms with E-state index in [2.05, 4.69) is 0 Å². The van der Waals surface area contributed by atoms with E-state index in [0.29, 0.717) is 0 Å². The lowest BCUT2D eigenvalue weighted by Crippen LogP contribution is -2.44. The molecule has 0 amide bonds. The molecule has 0 unspecified atom stereocenters. The molecule has 0 aromatic heterocycles. The molecule has 1 heterocycles. The van der Waals surface area contributed by atoms with Crippen LogP contribution in [0.15, 0.2) is 0 Å². The molecule has 0 saturated carbocycles. The largest absolute Gasteiger partial charge is 0.385 e. The second kappa shape index (κ2) is 4.33. The molecule has 0 radical (unpaired) electrons. The van der Waals surface area contributed by atoms with Crippen molar-refractivity contribution in [2.45, 2.75) is 24.8 Å². The van der Waals surface area contributed by atoms with Gasteiger partial charge in [-0.1, -0.05) is 0 Å². The predicted octanol–water partition coefficient (Wildman–Crippen LogP) is 1.25. The van der Waals surface area contributed by atoms with Gasteiger partial charge in [0, 0.05) is 19.3 Å². The third-order valence-corrected chi connectivity index (χ3v) is 3.28. The number of nitrogens with two attached hydrogens (primary N) is 1. The summed E-state index contributed by atoms with van der Waals surface area (Å²) in [5.74, 6) is 2.44. The molecular weight excluding hydrogens is 158 g/mol. The van der Waals surface area contributed by atoms with E-state index >= 15 is 0 Å². The molecule has 1 rings (SSSR count). The highest BCUT2D eigenvalue weighted by atomic mass is 32.2. The second-order valence-electron chi connectivity index (χ2n) is 3.22. The van der Waals surface area contributed by atoms with Crippen LogP contribution >= 0.6 is 11.8 Å². The van der Waals surface area contributed by atoms with E-state index in [-0.39, 0.29) is 5.54 Å². The molecule has 0 atom stereocenters. The van der Waals surface area contributed by atoms with E-state index in [1.165, 1.54) is 11.5 Å². The molecule has 11 heavy (non-hydrogen) atoms. The lowest BCUT2D eigenvalue weighted by atomic mass is 9.90. The van der Waals surface area contributed by atoms with E-state index in [4.69, 9.17) is 10.5 Å². The Morgan fingerprint density at radius 2 is 2.09 bits per heavy atom. The third-order valence-electron chi connectivity index (χ3n) is 2.29. The zero-order valence-electron chi connectivity index (χ0n) is 7.14. The Hall–Kier alpha value is 0.270. The quantitative estimate of drug-likeness (QED) is 0.701. The molecule has 0 aromatic rings. The molecule has 0 aliphatic carbocycles. The third kappa shape index (κ3) is 3.01. The van der Waals surface area contributed by atoms with E-state index in [0.717, 1.165) is 25.9 Å². The predicted molar refractivity (Wildman–Crippen MR) is 50.0 cm³/mol. The van der Waals surface area contributed by atoms with Gasteiger partial charge in [-0.15, -0.1) is 0 Å². The molecule has 0 aromatic carbocycles. The van der Waals surface area contributed by atoms with Crippen LogP contribution in [0, 0.1) is 0 Å². The topological polar surface area (TPSA) is 35.2 Å². The molecule has 66 valence electrons. The second-order valence-corrected chi connectivity index (χ2v) is 4.44. The van der Waals surface area contributed by atoms with Crippen molar-refractivity contribution in [3.63, 3.8) is 0 Å². The van der Waals surface area contributed by atoms with Crippen LogP contribution in [0.3, 0.4) is 0 Å². The van der Waals surface area contributed by atoms with Crippen molar-refractivity contribution in [1.29, 1.82) is 0 Å². The van der Waals surface area contributed by atoms with Gasteiger partial charge in [-0.2, -0.15) is 11.8 Å². The van der Waals surface area contributed by atoms with Crippen molar-refractivity contribution in [1.82, 2.24) is 0 Å². The summed E-state index contributed by atoms with van der Waals surface area (Å²) in [4.78, 5) is 0. The summed E-state index contributed by atoms with van der Waals surface area (Å²) in [6.07, 6.45) is 3.33. The molecule has 3 heteroatoms. The summed E-state index contributed by atoms with van der Waals surface area (Å²) in [5.41, 5.74) is 6.24. The minimum atomic E-state index is 0.0846. The van der Waals surface area contributed by atoms with Gasteiger partial charge >= 0.3 is 0 Å². The average Bonchev–Trinajstić information content (AvgIpc) is 2.03. The van der Waals surface area contributed by atoms with Crippen molar-refractivity contribution in [3.8, 4) is 0 Å². The maximum atomic E-state index is 6.15. The van der Waals surface area contributed by atoms with Crippen molar-refractivity contribution in [3.05, 3.63) is 0 Å². The van der Waals surface area contributed by atoms with Crippen molar-refractivity contribution in [2.75, 3.05) is 25.2 Å². The van der Waals surface area contributed by atoms with Gasteiger partial charge in [0.15, 0.2) is 0 Å². The summed E-state index contributed by atoms with van der Waals surface area (Å²) in [7, 11) is 1.74. The monoisotopic (exact) mass is 175 g/mol.